The fraction of sp³-hybridized carbons (Fsp3) is 0.824. The average molecular weight is 264 g/mol. The summed E-state index contributed by atoms with van der Waals surface area (Å²) in [4.78, 5) is 8.60. The van der Waals surface area contributed by atoms with Gasteiger partial charge < -0.3 is 4.98 Å². The summed E-state index contributed by atoms with van der Waals surface area (Å²) < 4.78 is 0. The van der Waals surface area contributed by atoms with Crippen molar-refractivity contribution in [2.45, 2.75) is 79.6 Å². The molecule has 1 heterocycles. The third kappa shape index (κ3) is 3.61. The van der Waals surface area contributed by atoms with E-state index < -0.39 is 0 Å². The molecule has 110 valence electrons. The molecule has 0 aromatic carbocycles. The number of H-pyrrole nitrogens is 1. The van der Waals surface area contributed by atoms with Crippen LogP contribution in [0.5, 0.6) is 0 Å². The second-order valence-electron chi connectivity index (χ2n) is 6.80. The zero-order valence-corrected chi connectivity index (χ0v) is 14.0. The summed E-state index contributed by atoms with van der Waals surface area (Å²) in [6.45, 7) is 18.2. The van der Waals surface area contributed by atoms with Crippen LogP contribution >= 0.6 is 0 Å². The Balaban J connectivity index is 3.19. The number of rotatable bonds is 6. The lowest BCUT2D eigenvalue weighted by Crippen LogP contribution is -2.07. The first-order chi connectivity index (χ1) is 8.79. The first-order valence-corrected chi connectivity index (χ1v) is 7.89. The largest absolute Gasteiger partial charge is 0.345 e. The maximum absolute atomic E-state index is 4.97. The summed E-state index contributed by atoms with van der Waals surface area (Å²) in [5.41, 5.74) is 2.66. The monoisotopic (exact) mass is 264 g/mol. The van der Waals surface area contributed by atoms with Crippen LogP contribution in [-0.2, 0) is 0 Å². The van der Waals surface area contributed by atoms with E-state index in [1.165, 1.54) is 17.2 Å². The lowest BCUT2D eigenvalue weighted by atomic mass is 9.90. The van der Waals surface area contributed by atoms with Crippen LogP contribution < -0.4 is 0 Å². The van der Waals surface area contributed by atoms with Crippen LogP contribution in [0.1, 0.15) is 96.8 Å². The molecule has 0 aliphatic carbocycles. The van der Waals surface area contributed by atoms with E-state index in [0.29, 0.717) is 29.6 Å². The van der Waals surface area contributed by atoms with Gasteiger partial charge in [0, 0.05) is 17.5 Å². The summed E-state index contributed by atoms with van der Waals surface area (Å²) >= 11 is 0. The van der Waals surface area contributed by atoms with Crippen LogP contribution in [0.4, 0.5) is 0 Å². The van der Waals surface area contributed by atoms with Crippen LogP contribution in [0.2, 0.25) is 0 Å². The Morgan fingerprint density at radius 3 is 1.84 bits per heavy atom. The Labute approximate surface area is 119 Å². The van der Waals surface area contributed by atoms with Crippen molar-refractivity contribution in [2.24, 2.45) is 11.8 Å². The Morgan fingerprint density at radius 2 is 1.42 bits per heavy atom. The molecule has 0 fully saturated rings. The molecule has 1 N–H and O–H groups in total. The van der Waals surface area contributed by atoms with Crippen LogP contribution in [0.3, 0.4) is 0 Å². The Bertz CT molecular complexity index is 390. The van der Waals surface area contributed by atoms with Crippen molar-refractivity contribution in [3.63, 3.8) is 0 Å². The van der Waals surface area contributed by atoms with Gasteiger partial charge in [0.15, 0.2) is 0 Å². The van der Waals surface area contributed by atoms with Crippen molar-refractivity contribution < 1.29 is 0 Å². The number of aromatic amines is 1. The standard InChI is InChI=1S/C17H32N2/c1-9-12(6)15-16(13(7)10(2)3)19-17(18-15)14(8)11(4)5/h10-14H,9H2,1-8H3,(H,18,19). The summed E-state index contributed by atoms with van der Waals surface area (Å²) in [5, 5.41) is 0. The minimum atomic E-state index is 0.496. The van der Waals surface area contributed by atoms with Gasteiger partial charge in [-0.15, -0.1) is 0 Å². The Hall–Kier alpha value is -0.790. The zero-order valence-electron chi connectivity index (χ0n) is 14.0. The van der Waals surface area contributed by atoms with E-state index in [0.717, 1.165) is 6.42 Å². The van der Waals surface area contributed by atoms with Gasteiger partial charge >= 0.3 is 0 Å². The molecule has 1 aromatic rings. The fourth-order valence-electron chi connectivity index (χ4n) is 2.19. The number of nitrogens with one attached hydrogen (secondary N) is 1. The summed E-state index contributed by atoms with van der Waals surface area (Å²) in [6.07, 6.45) is 1.16. The van der Waals surface area contributed by atoms with Crippen molar-refractivity contribution in [2.75, 3.05) is 0 Å². The third-order valence-electron chi connectivity index (χ3n) is 4.75. The van der Waals surface area contributed by atoms with Crippen LogP contribution in [0.25, 0.3) is 0 Å². The lowest BCUT2D eigenvalue weighted by molar-refractivity contribution is 0.503. The molecule has 3 atom stereocenters. The molecule has 0 aliphatic rings. The van der Waals surface area contributed by atoms with Gasteiger partial charge in [-0.05, 0) is 24.2 Å². The van der Waals surface area contributed by atoms with Crippen LogP contribution in [-0.4, -0.2) is 9.97 Å². The second kappa shape index (κ2) is 6.58. The van der Waals surface area contributed by atoms with Gasteiger partial charge in [-0.2, -0.15) is 0 Å². The predicted molar refractivity (Wildman–Crippen MR) is 83.8 cm³/mol. The van der Waals surface area contributed by atoms with Gasteiger partial charge in [0.2, 0.25) is 0 Å². The summed E-state index contributed by atoms with van der Waals surface area (Å²) in [6, 6.07) is 0. The lowest BCUT2D eigenvalue weighted by Gasteiger charge is -2.17. The van der Waals surface area contributed by atoms with Crippen LogP contribution in [0.15, 0.2) is 0 Å². The zero-order chi connectivity index (χ0) is 14.7. The van der Waals surface area contributed by atoms with Crippen molar-refractivity contribution in [1.82, 2.24) is 9.97 Å². The van der Waals surface area contributed by atoms with Crippen molar-refractivity contribution >= 4 is 0 Å². The molecule has 0 radical (unpaired) electrons. The molecule has 2 heteroatoms. The molecule has 1 aromatic heterocycles. The van der Waals surface area contributed by atoms with E-state index in [9.17, 15) is 0 Å². The average Bonchev–Trinajstić information content (AvgIpc) is 2.80. The Kier molecular flexibility index (Phi) is 5.64. The fourth-order valence-corrected chi connectivity index (χ4v) is 2.19. The van der Waals surface area contributed by atoms with Crippen molar-refractivity contribution in [1.29, 1.82) is 0 Å². The molecule has 0 amide bonds. The third-order valence-corrected chi connectivity index (χ3v) is 4.75. The van der Waals surface area contributed by atoms with Gasteiger partial charge in [0.1, 0.15) is 5.82 Å². The quantitative estimate of drug-likeness (QED) is 0.728. The van der Waals surface area contributed by atoms with E-state index in [1.807, 2.05) is 0 Å². The van der Waals surface area contributed by atoms with Crippen molar-refractivity contribution in [3.8, 4) is 0 Å². The molecule has 0 saturated carbocycles. The highest BCUT2D eigenvalue weighted by atomic mass is 15.0. The topological polar surface area (TPSA) is 28.7 Å². The summed E-state index contributed by atoms with van der Waals surface area (Å²) in [7, 11) is 0. The highest BCUT2D eigenvalue weighted by Crippen LogP contribution is 2.33. The molecular formula is C17H32N2. The molecule has 0 aliphatic heterocycles. The van der Waals surface area contributed by atoms with E-state index in [4.69, 9.17) is 4.98 Å². The number of hydrogen-bond donors (Lipinski definition) is 1. The van der Waals surface area contributed by atoms with E-state index in [-0.39, 0.29) is 0 Å². The van der Waals surface area contributed by atoms with E-state index in [2.05, 4.69) is 60.4 Å². The predicted octanol–water partition coefficient (Wildman–Crippen LogP) is 5.44. The van der Waals surface area contributed by atoms with Crippen molar-refractivity contribution in [3.05, 3.63) is 17.2 Å². The van der Waals surface area contributed by atoms with E-state index in [1.54, 1.807) is 0 Å². The second-order valence-corrected chi connectivity index (χ2v) is 6.80. The molecular weight excluding hydrogens is 232 g/mol. The smallest absolute Gasteiger partial charge is 0.109 e. The molecule has 0 saturated heterocycles. The minimum absolute atomic E-state index is 0.496. The van der Waals surface area contributed by atoms with Gasteiger partial charge in [0.25, 0.3) is 0 Å². The number of hydrogen-bond acceptors (Lipinski definition) is 1. The van der Waals surface area contributed by atoms with E-state index >= 15 is 0 Å². The number of nitrogens with zero attached hydrogens (tertiary/aromatic N) is 1. The first-order valence-electron chi connectivity index (χ1n) is 7.89. The molecule has 0 bridgehead atoms. The molecule has 2 nitrogen and oxygen atoms in total. The van der Waals surface area contributed by atoms with Gasteiger partial charge in [0.05, 0.1) is 5.69 Å². The highest BCUT2D eigenvalue weighted by molar-refractivity contribution is 5.24. The normalized spacial score (nSPS) is 16.9. The molecule has 3 unspecified atom stereocenters. The first kappa shape index (κ1) is 16.3. The maximum Gasteiger partial charge on any atom is 0.109 e. The number of aromatic nitrogens is 2. The van der Waals surface area contributed by atoms with Gasteiger partial charge in [-0.1, -0.05) is 55.4 Å². The SMILES string of the molecule is CCC(C)c1[nH]c(C(C)C(C)C)nc1C(C)C(C)C. The minimum Gasteiger partial charge on any atom is -0.345 e. The van der Waals surface area contributed by atoms with Gasteiger partial charge in [-0.25, -0.2) is 4.98 Å². The van der Waals surface area contributed by atoms with Crippen LogP contribution in [0, 0.1) is 11.8 Å². The molecule has 1 rings (SSSR count). The Morgan fingerprint density at radius 1 is 0.895 bits per heavy atom. The summed E-state index contributed by atoms with van der Waals surface area (Å²) in [5.74, 6) is 4.01. The highest BCUT2D eigenvalue weighted by Gasteiger charge is 2.24. The maximum atomic E-state index is 4.97. The molecule has 0 spiro atoms. The molecule has 19 heavy (non-hydrogen) atoms. The number of imidazole rings is 1. The van der Waals surface area contributed by atoms with Gasteiger partial charge in [-0.3, -0.25) is 0 Å².